The minimum Gasteiger partial charge on any atom is -0.309 e. The van der Waals surface area contributed by atoms with Gasteiger partial charge in [-0.15, -0.1) is 0 Å². The van der Waals surface area contributed by atoms with Crippen molar-refractivity contribution in [1.82, 2.24) is 5.32 Å². The Labute approximate surface area is 118 Å². The molecule has 2 atom stereocenters. The van der Waals surface area contributed by atoms with E-state index in [1.165, 1.54) is 23.1 Å². The van der Waals surface area contributed by atoms with Gasteiger partial charge in [0.05, 0.1) is 0 Å². The third-order valence-electron chi connectivity index (χ3n) is 4.64. The van der Waals surface area contributed by atoms with Crippen LogP contribution in [-0.4, -0.2) is 0 Å². The molecule has 1 saturated carbocycles. The molecular formula is C18H18FN. The molecule has 20 heavy (non-hydrogen) atoms. The van der Waals surface area contributed by atoms with Gasteiger partial charge in [-0.1, -0.05) is 36.4 Å². The van der Waals surface area contributed by atoms with E-state index >= 15 is 0 Å². The average Bonchev–Trinajstić information content (AvgIpc) is 3.14. The Morgan fingerprint density at radius 1 is 1.05 bits per heavy atom. The van der Waals surface area contributed by atoms with E-state index < -0.39 is 0 Å². The highest BCUT2D eigenvalue weighted by molar-refractivity contribution is 5.47. The van der Waals surface area contributed by atoms with Gasteiger partial charge in [0.25, 0.3) is 0 Å². The van der Waals surface area contributed by atoms with E-state index in [2.05, 4.69) is 17.4 Å². The summed E-state index contributed by atoms with van der Waals surface area (Å²) in [5.74, 6) is 1.41. The summed E-state index contributed by atoms with van der Waals surface area (Å²) in [5, 5.41) is 3.39. The first-order chi connectivity index (χ1) is 9.83. The van der Waals surface area contributed by atoms with Crippen LogP contribution in [0.1, 0.15) is 34.6 Å². The summed E-state index contributed by atoms with van der Waals surface area (Å²) in [6.45, 7) is 1.42. The minimum absolute atomic E-state index is 0.0446. The van der Waals surface area contributed by atoms with Crippen LogP contribution in [0, 0.1) is 11.7 Å². The van der Waals surface area contributed by atoms with Gasteiger partial charge in [0.1, 0.15) is 5.82 Å². The Balaban J connectivity index is 1.51. The molecule has 2 heteroatoms. The summed E-state index contributed by atoms with van der Waals surface area (Å²) in [6, 6.07) is 13.9. The summed E-state index contributed by atoms with van der Waals surface area (Å²) in [5.41, 5.74) is 4.84. The smallest absolute Gasteiger partial charge is 0.127 e. The fourth-order valence-corrected chi connectivity index (χ4v) is 3.54. The number of hydrogen-bond donors (Lipinski definition) is 1. The lowest BCUT2D eigenvalue weighted by Crippen LogP contribution is -2.15. The van der Waals surface area contributed by atoms with E-state index in [0.29, 0.717) is 12.5 Å². The fraction of sp³-hybridized carbons (Fsp3) is 0.333. The van der Waals surface area contributed by atoms with Crippen molar-refractivity contribution in [2.45, 2.75) is 31.8 Å². The van der Waals surface area contributed by atoms with Gasteiger partial charge in [-0.25, -0.2) is 4.39 Å². The summed E-state index contributed by atoms with van der Waals surface area (Å²) in [6.07, 6.45) is 2.42. The van der Waals surface area contributed by atoms with Crippen LogP contribution in [0.25, 0.3) is 0 Å². The summed E-state index contributed by atoms with van der Waals surface area (Å²) in [7, 11) is 0. The second-order valence-electron chi connectivity index (χ2n) is 5.99. The van der Waals surface area contributed by atoms with E-state index in [1.54, 1.807) is 6.07 Å². The van der Waals surface area contributed by atoms with Gasteiger partial charge in [0, 0.05) is 18.7 Å². The number of rotatable bonds is 4. The van der Waals surface area contributed by atoms with E-state index in [0.717, 1.165) is 24.4 Å². The van der Waals surface area contributed by atoms with E-state index in [1.807, 2.05) is 24.3 Å². The quantitative estimate of drug-likeness (QED) is 0.889. The summed E-state index contributed by atoms with van der Waals surface area (Å²) < 4.78 is 14.1. The van der Waals surface area contributed by atoms with Crippen LogP contribution in [0.4, 0.5) is 4.39 Å². The molecule has 0 radical (unpaired) electrons. The molecule has 2 aromatic rings. The molecule has 0 amide bonds. The highest BCUT2D eigenvalue weighted by Gasteiger charge is 2.46. The third kappa shape index (κ3) is 2.04. The standard InChI is InChI=1S/C18H18FN/c19-17-7-6-13-8-14-9-15(14)18(13)16(17)11-20-10-12-4-2-1-3-5-12/h1-7,14-15,20H,8-11H2. The molecule has 0 heterocycles. The van der Waals surface area contributed by atoms with Gasteiger partial charge in [0.2, 0.25) is 0 Å². The third-order valence-corrected chi connectivity index (χ3v) is 4.64. The first-order valence-electron chi connectivity index (χ1n) is 7.37. The van der Waals surface area contributed by atoms with E-state index in [4.69, 9.17) is 0 Å². The van der Waals surface area contributed by atoms with Crippen LogP contribution in [0.5, 0.6) is 0 Å². The first-order valence-corrected chi connectivity index (χ1v) is 7.37. The molecule has 0 aliphatic heterocycles. The Hall–Kier alpha value is -1.67. The van der Waals surface area contributed by atoms with Crippen molar-refractivity contribution in [3.63, 3.8) is 0 Å². The largest absolute Gasteiger partial charge is 0.309 e. The first kappa shape index (κ1) is 12.1. The molecule has 0 aromatic heterocycles. The second-order valence-corrected chi connectivity index (χ2v) is 5.99. The van der Waals surface area contributed by atoms with Crippen LogP contribution in [0.2, 0.25) is 0 Å². The minimum atomic E-state index is -0.0446. The molecule has 102 valence electrons. The maximum absolute atomic E-state index is 14.1. The van der Waals surface area contributed by atoms with Crippen molar-refractivity contribution in [1.29, 1.82) is 0 Å². The summed E-state index contributed by atoms with van der Waals surface area (Å²) >= 11 is 0. The molecule has 2 unspecified atom stereocenters. The number of nitrogens with one attached hydrogen (secondary N) is 1. The van der Waals surface area contributed by atoms with Gasteiger partial charge in [-0.05, 0) is 47.4 Å². The maximum Gasteiger partial charge on any atom is 0.127 e. The van der Waals surface area contributed by atoms with Gasteiger partial charge < -0.3 is 5.32 Å². The molecule has 1 nitrogen and oxygen atoms in total. The van der Waals surface area contributed by atoms with Gasteiger partial charge >= 0.3 is 0 Å². The highest BCUT2D eigenvalue weighted by atomic mass is 19.1. The molecule has 2 aromatic carbocycles. The van der Waals surface area contributed by atoms with Crippen LogP contribution in [0.15, 0.2) is 42.5 Å². The SMILES string of the molecule is Fc1ccc2c(c1CNCc1ccccc1)C1CC1C2. The van der Waals surface area contributed by atoms with Crippen molar-refractivity contribution in [2.24, 2.45) is 5.92 Å². The Bertz CT molecular complexity index is 635. The second kappa shape index (κ2) is 4.71. The van der Waals surface area contributed by atoms with Crippen LogP contribution < -0.4 is 5.32 Å². The topological polar surface area (TPSA) is 12.0 Å². The van der Waals surface area contributed by atoms with Crippen molar-refractivity contribution >= 4 is 0 Å². The molecule has 0 saturated heterocycles. The highest BCUT2D eigenvalue weighted by Crippen LogP contribution is 2.57. The fourth-order valence-electron chi connectivity index (χ4n) is 3.54. The van der Waals surface area contributed by atoms with E-state index in [-0.39, 0.29) is 5.82 Å². The van der Waals surface area contributed by atoms with E-state index in [9.17, 15) is 4.39 Å². The Morgan fingerprint density at radius 2 is 1.90 bits per heavy atom. The molecular weight excluding hydrogens is 249 g/mol. The number of hydrogen-bond acceptors (Lipinski definition) is 1. The molecule has 0 spiro atoms. The van der Waals surface area contributed by atoms with Gasteiger partial charge in [-0.2, -0.15) is 0 Å². The lowest BCUT2D eigenvalue weighted by Gasteiger charge is -2.13. The lowest BCUT2D eigenvalue weighted by atomic mass is 9.99. The number of benzene rings is 2. The van der Waals surface area contributed by atoms with Crippen molar-refractivity contribution in [2.75, 3.05) is 0 Å². The number of halogens is 1. The Morgan fingerprint density at radius 3 is 2.75 bits per heavy atom. The normalized spacial score (nSPS) is 22.4. The van der Waals surface area contributed by atoms with Crippen LogP contribution in [0.3, 0.4) is 0 Å². The maximum atomic E-state index is 14.1. The Kier molecular flexibility index (Phi) is 2.85. The monoisotopic (exact) mass is 267 g/mol. The summed E-state index contributed by atoms with van der Waals surface area (Å²) in [4.78, 5) is 0. The van der Waals surface area contributed by atoms with Gasteiger partial charge in [-0.3, -0.25) is 0 Å². The lowest BCUT2D eigenvalue weighted by molar-refractivity contribution is 0.583. The zero-order valence-corrected chi connectivity index (χ0v) is 11.4. The zero-order valence-electron chi connectivity index (χ0n) is 11.4. The molecule has 4 rings (SSSR count). The van der Waals surface area contributed by atoms with Crippen molar-refractivity contribution in [3.8, 4) is 0 Å². The molecule has 1 fully saturated rings. The molecule has 2 aliphatic carbocycles. The van der Waals surface area contributed by atoms with Crippen LogP contribution in [-0.2, 0) is 19.5 Å². The average molecular weight is 267 g/mol. The van der Waals surface area contributed by atoms with Crippen LogP contribution >= 0.6 is 0 Å². The number of fused-ring (bicyclic) bond motifs is 3. The predicted molar refractivity (Wildman–Crippen MR) is 77.9 cm³/mol. The predicted octanol–water partition coefficient (Wildman–Crippen LogP) is 3.78. The van der Waals surface area contributed by atoms with Gasteiger partial charge in [0.15, 0.2) is 0 Å². The molecule has 2 aliphatic rings. The molecule has 1 N–H and O–H groups in total. The molecule has 0 bridgehead atoms. The van der Waals surface area contributed by atoms with Crippen molar-refractivity contribution < 1.29 is 4.39 Å². The van der Waals surface area contributed by atoms with Crippen molar-refractivity contribution in [3.05, 3.63) is 70.5 Å². The zero-order chi connectivity index (χ0) is 13.5.